The average Bonchev–Trinajstić information content (AvgIpc) is 2.83. The van der Waals surface area contributed by atoms with E-state index in [2.05, 4.69) is 0 Å². The summed E-state index contributed by atoms with van der Waals surface area (Å²) in [5.41, 5.74) is 2.19. The molecule has 126 valence electrons. The largest absolute Gasteiger partial charge is 0.508 e. The molecular weight excluding hydrogens is 314 g/mol. The van der Waals surface area contributed by atoms with E-state index >= 15 is 0 Å². The standard InChI is InChI=1S/C19H18F2O3/c1-10-6-13(23)7-14-15-8-19(20,21)9-16(15)18(24-17(10)14)11-2-4-12(22)5-3-11/h2-7,15-16,18,22-23H,8-9H2,1H3. The van der Waals surface area contributed by atoms with Crippen molar-refractivity contribution in [1.29, 1.82) is 0 Å². The zero-order valence-corrected chi connectivity index (χ0v) is 13.2. The monoisotopic (exact) mass is 332 g/mol. The van der Waals surface area contributed by atoms with E-state index in [4.69, 9.17) is 4.74 Å². The zero-order valence-electron chi connectivity index (χ0n) is 13.2. The second kappa shape index (κ2) is 5.10. The summed E-state index contributed by atoms with van der Waals surface area (Å²) in [7, 11) is 0. The van der Waals surface area contributed by atoms with Crippen molar-refractivity contribution < 1.29 is 23.7 Å². The quantitative estimate of drug-likeness (QED) is 0.798. The summed E-state index contributed by atoms with van der Waals surface area (Å²) in [4.78, 5) is 0. The molecule has 1 fully saturated rings. The van der Waals surface area contributed by atoms with Crippen molar-refractivity contribution in [1.82, 2.24) is 0 Å². The maximum absolute atomic E-state index is 14.1. The lowest BCUT2D eigenvalue weighted by Crippen LogP contribution is -2.27. The summed E-state index contributed by atoms with van der Waals surface area (Å²) in [6.45, 7) is 1.81. The van der Waals surface area contributed by atoms with Crippen LogP contribution in [0.1, 0.15) is 41.6 Å². The van der Waals surface area contributed by atoms with Crippen LogP contribution in [0.15, 0.2) is 36.4 Å². The lowest BCUT2D eigenvalue weighted by molar-refractivity contribution is -0.00234. The third kappa shape index (κ3) is 2.39. The van der Waals surface area contributed by atoms with E-state index in [1.165, 1.54) is 0 Å². The van der Waals surface area contributed by atoms with Crippen molar-refractivity contribution in [3.8, 4) is 17.2 Å². The highest BCUT2D eigenvalue weighted by Gasteiger charge is 2.53. The molecule has 1 heterocycles. The van der Waals surface area contributed by atoms with Crippen LogP contribution in [0.4, 0.5) is 8.78 Å². The molecule has 3 unspecified atom stereocenters. The number of phenolic OH excluding ortho intramolecular Hbond substituents is 2. The van der Waals surface area contributed by atoms with Crippen LogP contribution in [0, 0.1) is 12.8 Å². The number of halogens is 2. The molecule has 2 aromatic carbocycles. The van der Waals surface area contributed by atoms with E-state index < -0.39 is 12.0 Å². The normalized spacial score (nSPS) is 27.2. The molecule has 0 saturated heterocycles. The van der Waals surface area contributed by atoms with Gasteiger partial charge < -0.3 is 14.9 Å². The molecule has 24 heavy (non-hydrogen) atoms. The lowest BCUT2D eigenvalue weighted by Gasteiger charge is -2.36. The van der Waals surface area contributed by atoms with Crippen LogP contribution in [0.25, 0.3) is 0 Å². The molecule has 0 amide bonds. The Balaban J connectivity index is 1.83. The third-order valence-electron chi connectivity index (χ3n) is 5.11. The fourth-order valence-corrected chi connectivity index (χ4v) is 4.11. The number of rotatable bonds is 1. The highest BCUT2D eigenvalue weighted by molar-refractivity contribution is 5.51. The van der Waals surface area contributed by atoms with Crippen LogP contribution >= 0.6 is 0 Å². The van der Waals surface area contributed by atoms with Gasteiger partial charge in [0, 0.05) is 30.2 Å². The smallest absolute Gasteiger partial charge is 0.249 e. The molecule has 1 aliphatic heterocycles. The number of aromatic hydroxyl groups is 2. The minimum Gasteiger partial charge on any atom is -0.508 e. The zero-order chi connectivity index (χ0) is 17.1. The molecule has 5 heteroatoms. The highest BCUT2D eigenvalue weighted by atomic mass is 19.3. The van der Waals surface area contributed by atoms with Crippen LogP contribution in [-0.4, -0.2) is 16.1 Å². The average molecular weight is 332 g/mol. The fraction of sp³-hybridized carbons (Fsp3) is 0.368. The van der Waals surface area contributed by atoms with Gasteiger partial charge in [0.15, 0.2) is 0 Å². The third-order valence-corrected chi connectivity index (χ3v) is 5.11. The summed E-state index contributed by atoms with van der Waals surface area (Å²) in [6, 6.07) is 9.65. The van der Waals surface area contributed by atoms with Gasteiger partial charge >= 0.3 is 0 Å². The summed E-state index contributed by atoms with van der Waals surface area (Å²) in [5, 5.41) is 19.3. The first-order valence-corrected chi connectivity index (χ1v) is 8.01. The summed E-state index contributed by atoms with van der Waals surface area (Å²) in [5.74, 6) is -2.66. The van der Waals surface area contributed by atoms with Gasteiger partial charge in [-0.2, -0.15) is 0 Å². The van der Waals surface area contributed by atoms with Gasteiger partial charge in [-0.05, 0) is 42.3 Å². The fourth-order valence-electron chi connectivity index (χ4n) is 4.11. The molecule has 0 bridgehead atoms. The van der Waals surface area contributed by atoms with E-state index in [9.17, 15) is 19.0 Å². The molecule has 3 atom stereocenters. The molecule has 2 N–H and O–H groups in total. The first-order valence-electron chi connectivity index (χ1n) is 8.01. The van der Waals surface area contributed by atoms with Crippen molar-refractivity contribution >= 4 is 0 Å². The Morgan fingerprint density at radius 2 is 1.75 bits per heavy atom. The van der Waals surface area contributed by atoms with Gasteiger partial charge in [-0.3, -0.25) is 0 Å². The Kier molecular flexibility index (Phi) is 3.24. The number of benzene rings is 2. The summed E-state index contributed by atoms with van der Waals surface area (Å²) < 4.78 is 34.4. The Morgan fingerprint density at radius 3 is 2.46 bits per heavy atom. The van der Waals surface area contributed by atoms with Gasteiger partial charge in [-0.15, -0.1) is 0 Å². The number of hydrogen-bond donors (Lipinski definition) is 2. The molecule has 1 aliphatic carbocycles. The predicted molar refractivity (Wildman–Crippen MR) is 84.7 cm³/mol. The second-order valence-corrected chi connectivity index (χ2v) is 6.85. The van der Waals surface area contributed by atoms with E-state index in [-0.39, 0.29) is 36.2 Å². The number of fused-ring (bicyclic) bond motifs is 3. The Hall–Kier alpha value is -2.30. The van der Waals surface area contributed by atoms with E-state index in [0.717, 1.165) is 11.1 Å². The number of aryl methyl sites for hydroxylation is 1. The van der Waals surface area contributed by atoms with Crippen molar-refractivity contribution in [2.24, 2.45) is 5.92 Å². The minimum absolute atomic E-state index is 0.0758. The number of alkyl halides is 2. The molecule has 2 aliphatic rings. The van der Waals surface area contributed by atoms with Gasteiger partial charge in [-0.1, -0.05) is 12.1 Å². The summed E-state index contributed by atoms with van der Waals surface area (Å²) >= 11 is 0. The topological polar surface area (TPSA) is 49.7 Å². The van der Waals surface area contributed by atoms with Crippen molar-refractivity contribution in [3.63, 3.8) is 0 Å². The molecule has 1 saturated carbocycles. The van der Waals surface area contributed by atoms with Gasteiger partial charge in [0.05, 0.1) is 0 Å². The number of hydrogen-bond acceptors (Lipinski definition) is 3. The maximum Gasteiger partial charge on any atom is 0.249 e. The molecular formula is C19H18F2O3. The second-order valence-electron chi connectivity index (χ2n) is 6.85. The highest BCUT2D eigenvalue weighted by Crippen LogP contribution is 2.59. The van der Waals surface area contributed by atoms with Gasteiger partial charge in [0.2, 0.25) is 5.92 Å². The molecule has 0 radical (unpaired) electrons. The molecule has 3 nitrogen and oxygen atoms in total. The van der Waals surface area contributed by atoms with E-state index in [1.54, 1.807) is 43.3 Å². The Bertz CT molecular complexity index is 786. The number of ether oxygens (including phenoxy) is 1. The SMILES string of the molecule is Cc1cc(O)cc2c1OC(c1ccc(O)cc1)C1CC(F)(F)CC21. The van der Waals surface area contributed by atoms with Crippen molar-refractivity contribution in [2.45, 2.75) is 37.7 Å². The van der Waals surface area contributed by atoms with Gasteiger partial charge in [0.1, 0.15) is 23.4 Å². The lowest BCUT2D eigenvalue weighted by atomic mass is 9.79. The van der Waals surface area contributed by atoms with Gasteiger partial charge in [-0.25, -0.2) is 8.78 Å². The summed E-state index contributed by atoms with van der Waals surface area (Å²) in [6.07, 6.45) is -0.956. The van der Waals surface area contributed by atoms with Crippen molar-refractivity contribution in [2.75, 3.05) is 0 Å². The molecule has 0 aromatic heterocycles. The Labute approximate surface area is 138 Å². The van der Waals surface area contributed by atoms with Crippen molar-refractivity contribution in [3.05, 3.63) is 53.1 Å². The van der Waals surface area contributed by atoms with Crippen LogP contribution < -0.4 is 4.74 Å². The minimum atomic E-state index is -2.74. The van der Waals surface area contributed by atoms with E-state index in [1.807, 2.05) is 0 Å². The molecule has 4 rings (SSSR count). The Morgan fingerprint density at radius 1 is 1.04 bits per heavy atom. The predicted octanol–water partition coefficient (Wildman–Crippen LogP) is 4.67. The molecule has 2 aromatic rings. The van der Waals surface area contributed by atoms with Crippen LogP contribution in [0.2, 0.25) is 0 Å². The first-order chi connectivity index (χ1) is 11.3. The van der Waals surface area contributed by atoms with Crippen LogP contribution in [0.5, 0.6) is 17.2 Å². The van der Waals surface area contributed by atoms with Crippen LogP contribution in [-0.2, 0) is 0 Å². The van der Waals surface area contributed by atoms with E-state index in [0.29, 0.717) is 11.3 Å². The molecule has 0 spiro atoms. The maximum atomic E-state index is 14.1. The first kappa shape index (κ1) is 15.2. The number of phenols is 2. The van der Waals surface area contributed by atoms with Crippen LogP contribution in [0.3, 0.4) is 0 Å². The van der Waals surface area contributed by atoms with Gasteiger partial charge in [0.25, 0.3) is 0 Å².